The first-order valence-electron chi connectivity index (χ1n) is 9.00. The lowest BCUT2D eigenvalue weighted by Gasteiger charge is -2.39. The summed E-state index contributed by atoms with van der Waals surface area (Å²) in [6.07, 6.45) is 6.35. The molecular weight excluding hydrogens is 288 g/mol. The van der Waals surface area contributed by atoms with Gasteiger partial charge in [-0.05, 0) is 44.1 Å². The summed E-state index contributed by atoms with van der Waals surface area (Å²) in [5, 5.41) is 3.54. The minimum absolute atomic E-state index is 0.0150. The van der Waals surface area contributed by atoms with Gasteiger partial charge in [0, 0.05) is 25.7 Å². The van der Waals surface area contributed by atoms with Crippen LogP contribution in [0.3, 0.4) is 0 Å². The summed E-state index contributed by atoms with van der Waals surface area (Å²) in [6.45, 7) is 2.61. The molecule has 4 nitrogen and oxygen atoms in total. The zero-order valence-corrected chi connectivity index (χ0v) is 13.7. The number of piperidine rings is 1. The Labute approximate surface area is 138 Å². The maximum absolute atomic E-state index is 12.8. The van der Waals surface area contributed by atoms with Gasteiger partial charge in [-0.3, -0.25) is 10.1 Å². The molecule has 23 heavy (non-hydrogen) atoms. The van der Waals surface area contributed by atoms with E-state index in [0.717, 1.165) is 45.4 Å². The smallest absolute Gasteiger partial charge is 0.239 e. The topological polar surface area (TPSA) is 41.6 Å². The molecule has 3 aliphatic heterocycles. The van der Waals surface area contributed by atoms with Crippen LogP contribution in [0.4, 0.5) is 0 Å². The average molecular weight is 314 g/mol. The molecule has 1 aromatic rings. The molecule has 4 rings (SSSR count). The Morgan fingerprint density at radius 2 is 1.91 bits per heavy atom. The van der Waals surface area contributed by atoms with E-state index in [9.17, 15) is 4.79 Å². The second-order valence-corrected chi connectivity index (χ2v) is 7.22. The Morgan fingerprint density at radius 3 is 2.61 bits per heavy atom. The summed E-state index contributed by atoms with van der Waals surface area (Å²) in [4.78, 5) is 14.9. The molecule has 3 aliphatic rings. The maximum atomic E-state index is 12.8. The van der Waals surface area contributed by atoms with Gasteiger partial charge in [-0.2, -0.15) is 0 Å². The Bertz CT molecular complexity index is 544. The lowest BCUT2D eigenvalue weighted by atomic mass is 9.88. The molecule has 0 aliphatic carbocycles. The first kappa shape index (κ1) is 15.2. The number of carbonyl (C=O) groups excluding carboxylic acids is 1. The molecule has 1 amide bonds. The van der Waals surface area contributed by atoms with E-state index in [0.29, 0.717) is 6.04 Å². The van der Waals surface area contributed by atoms with Crippen molar-refractivity contribution in [1.29, 1.82) is 0 Å². The fourth-order valence-electron chi connectivity index (χ4n) is 4.39. The third-order valence-corrected chi connectivity index (χ3v) is 5.82. The number of nitrogens with zero attached hydrogens (tertiary/aromatic N) is 1. The van der Waals surface area contributed by atoms with Crippen LogP contribution >= 0.6 is 0 Å². The third-order valence-electron chi connectivity index (χ3n) is 5.82. The molecular formula is C19H26N2O2. The van der Waals surface area contributed by atoms with Gasteiger partial charge in [0.05, 0.1) is 11.6 Å². The van der Waals surface area contributed by atoms with Crippen LogP contribution in [0.1, 0.15) is 50.1 Å². The van der Waals surface area contributed by atoms with E-state index in [-0.39, 0.29) is 17.6 Å². The van der Waals surface area contributed by atoms with Gasteiger partial charge in [-0.1, -0.05) is 30.3 Å². The maximum Gasteiger partial charge on any atom is 0.239 e. The molecule has 124 valence electrons. The van der Waals surface area contributed by atoms with Crippen molar-refractivity contribution in [2.75, 3.05) is 19.7 Å². The summed E-state index contributed by atoms with van der Waals surface area (Å²) >= 11 is 0. The van der Waals surface area contributed by atoms with E-state index in [1.165, 1.54) is 18.4 Å². The third kappa shape index (κ3) is 3.02. The van der Waals surface area contributed by atoms with E-state index in [4.69, 9.17) is 4.74 Å². The Hall–Kier alpha value is -1.39. The highest BCUT2D eigenvalue weighted by Gasteiger charge is 2.41. The number of likely N-dealkylation sites (tertiary alicyclic amines) is 1. The van der Waals surface area contributed by atoms with Crippen LogP contribution in [0.5, 0.6) is 0 Å². The summed E-state index contributed by atoms with van der Waals surface area (Å²) in [7, 11) is 0. The van der Waals surface area contributed by atoms with Gasteiger partial charge in [-0.25, -0.2) is 0 Å². The quantitative estimate of drug-likeness (QED) is 0.912. The number of amides is 1. The Kier molecular flexibility index (Phi) is 4.12. The lowest BCUT2D eigenvalue weighted by Crippen LogP contribution is -2.51. The van der Waals surface area contributed by atoms with E-state index < -0.39 is 0 Å². The summed E-state index contributed by atoms with van der Waals surface area (Å²) in [5.41, 5.74) is 1.38. The number of benzene rings is 1. The van der Waals surface area contributed by atoms with Gasteiger partial charge in [0.2, 0.25) is 5.91 Å². The molecule has 3 fully saturated rings. The van der Waals surface area contributed by atoms with Crippen molar-refractivity contribution in [2.24, 2.45) is 0 Å². The fourth-order valence-corrected chi connectivity index (χ4v) is 4.39. The zero-order valence-electron chi connectivity index (χ0n) is 13.7. The van der Waals surface area contributed by atoms with E-state index >= 15 is 0 Å². The molecule has 0 unspecified atom stereocenters. The lowest BCUT2D eigenvalue weighted by molar-refractivity contribution is -0.137. The Balaban J connectivity index is 1.34. The number of nitrogens with one attached hydrogen (secondary N) is 1. The van der Waals surface area contributed by atoms with Gasteiger partial charge < -0.3 is 9.64 Å². The number of ether oxygens (including phenoxy) is 1. The largest absolute Gasteiger partial charge is 0.375 e. The van der Waals surface area contributed by atoms with E-state index in [1.54, 1.807) is 0 Å². The van der Waals surface area contributed by atoms with Crippen LogP contribution in [0.15, 0.2) is 30.3 Å². The summed E-state index contributed by atoms with van der Waals surface area (Å²) < 4.78 is 5.96. The molecule has 1 N–H and O–H groups in total. The molecule has 0 saturated carbocycles. The molecule has 1 aromatic carbocycles. The van der Waals surface area contributed by atoms with Crippen LogP contribution < -0.4 is 5.32 Å². The molecule has 3 heterocycles. The molecule has 0 radical (unpaired) electrons. The fraction of sp³-hybridized carbons (Fsp3) is 0.632. The number of rotatable bonds is 2. The highest BCUT2D eigenvalue weighted by Crippen LogP contribution is 2.36. The minimum atomic E-state index is -0.0150. The normalized spacial score (nSPS) is 30.0. The highest BCUT2D eigenvalue weighted by atomic mass is 16.5. The molecule has 2 atom stereocenters. The van der Waals surface area contributed by atoms with Gasteiger partial charge in [0.1, 0.15) is 0 Å². The molecule has 3 saturated heterocycles. The average Bonchev–Trinajstić information content (AvgIpc) is 3.26. The predicted octanol–water partition coefficient (Wildman–Crippen LogP) is 2.65. The Morgan fingerprint density at radius 1 is 1.13 bits per heavy atom. The number of hydrogen-bond donors (Lipinski definition) is 1. The van der Waals surface area contributed by atoms with Crippen molar-refractivity contribution < 1.29 is 9.53 Å². The SMILES string of the molecule is O=C([C@H]1CC[C@H](c2ccccc2)N1)N1CCC2(CCCO2)CC1. The summed E-state index contributed by atoms with van der Waals surface area (Å²) in [5.74, 6) is 0.288. The van der Waals surface area contributed by atoms with E-state index in [1.807, 2.05) is 6.07 Å². The molecule has 0 aromatic heterocycles. The monoisotopic (exact) mass is 314 g/mol. The minimum Gasteiger partial charge on any atom is -0.375 e. The number of carbonyl (C=O) groups is 1. The summed E-state index contributed by atoms with van der Waals surface area (Å²) in [6, 6.07) is 10.8. The standard InChI is InChI=1S/C19H26N2O2/c22-18(21-12-10-19(11-13-21)9-4-14-23-19)17-8-7-16(20-17)15-5-2-1-3-6-15/h1-3,5-6,16-17,20H,4,7-14H2/t16-,17-/m1/s1. The van der Waals surface area contributed by atoms with Crippen molar-refractivity contribution >= 4 is 5.91 Å². The van der Waals surface area contributed by atoms with Crippen LogP contribution in [0.2, 0.25) is 0 Å². The zero-order chi connectivity index (χ0) is 15.7. The van der Waals surface area contributed by atoms with Crippen molar-refractivity contribution in [3.63, 3.8) is 0 Å². The highest BCUT2D eigenvalue weighted by molar-refractivity contribution is 5.82. The van der Waals surface area contributed by atoms with Crippen molar-refractivity contribution in [2.45, 2.75) is 56.2 Å². The van der Waals surface area contributed by atoms with Gasteiger partial charge >= 0.3 is 0 Å². The van der Waals surface area contributed by atoms with Crippen LogP contribution in [0.25, 0.3) is 0 Å². The van der Waals surface area contributed by atoms with Crippen LogP contribution in [-0.4, -0.2) is 42.1 Å². The van der Waals surface area contributed by atoms with Crippen molar-refractivity contribution in [3.05, 3.63) is 35.9 Å². The first-order chi connectivity index (χ1) is 11.3. The van der Waals surface area contributed by atoms with Gasteiger partial charge in [0.15, 0.2) is 0 Å². The predicted molar refractivity (Wildman–Crippen MR) is 89.1 cm³/mol. The van der Waals surface area contributed by atoms with Crippen LogP contribution in [0, 0.1) is 0 Å². The van der Waals surface area contributed by atoms with Crippen LogP contribution in [-0.2, 0) is 9.53 Å². The van der Waals surface area contributed by atoms with Crippen molar-refractivity contribution in [3.8, 4) is 0 Å². The molecule has 1 spiro atoms. The van der Waals surface area contributed by atoms with Gasteiger partial charge in [0.25, 0.3) is 0 Å². The number of hydrogen-bond acceptors (Lipinski definition) is 3. The second-order valence-electron chi connectivity index (χ2n) is 7.22. The van der Waals surface area contributed by atoms with Gasteiger partial charge in [-0.15, -0.1) is 0 Å². The molecule has 0 bridgehead atoms. The first-order valence-corrected chi connectivity index (χ1v) is 9.00. The van der Waals surface area contributed by atoms with E-state index in [2.05, 4.69) is 34.5 Å². The van der Waals surface area contributed by atoms with Crippen molar-refractivity contribution in [1.82, 2.24) is 10.2 Å². The second kappa shape index (κ2) is 6.25. The molecule has 4 heteroatoms.